The summed E-state index contributed by atoms with van der Waals surface area (Å²) in [6, 6.07) is 17.7. The third-order valence-electron chi connectivity index (χ3n) is 4.42. The number of benzene rings is 2. The van der Waals surface area contributed by atoms with Crippen LogP contribution in [0.25, 0.3) is 22.8 Å². The molecule has 1 aromatic heterocycles. The van der Waals surface area contributed by atoms with E-state index in [0.717, 1.165) is 29.7 Å². The lowest BCUT2D eigenvalue weighted by molar-refractivity contribution is 0.155. The molecular formula is C20H20N2O2. The number of nitrogens with zero attached hydrogens (tertiary/aromatic N) is 2. The van der Waals surface area contributed by atoms with Gasteiger partial charge < -0.3 is 9.26 Å². The van der Waals surface area contributed by atoms with Crippen molar-refractivity contribution in [1.82, 2.24) is 10.1 Å². The maximum Gasteiger partial charge on any atom is 0.262 e. The second-order valence-corrected chi connectivity index (χ2v) is 6.16. The molecule has 1 fully saturated rings. The largest absolute Gasteiger partial charge is 0.490 e. The van der Waals surface area contributed by atoms with Gasteiger partial charge in [0, 0.05) is 5.56 Å². The quantitative estimate of drug-likeness (QED) is 0.670. The third kappa shape index (κ3) is 3.18. The van der Waals surface area contributed by atoms with Gasteiger partial charge in [0.2, 0.25) is 5.82 Å². The zero-order valence-corrected chi connectivity index (χ0v) is 13.5. The fourth-order valence-electron chi connectivity index (χ4n) is 3.15. The first-order valence-electron chi connectivity index (χ1n) is 8.55. The zero-order chi connectivity index (χ0) is 16.2. The van der Waals surface area contributed by atoms with Crippen LogP contribution < -0.4 is 4.74 Å². The fourth-order valence-corrected chi connectivity index (χ4v) is 3.15. The Hall–Kier alpha value is -2.62. The minimum absolute atomic E-state index is 0.288. The first-order chi connectivity index (χ1) is 11.9. The Morgan fingerprint density at radius 2 is 1.62 bits per heavy atom. The molecule has 1 saturated carbocycles. The Morgan fingerprint density at radius 3 is 2.46 bits per heavy atom. The Kier molecular flexibility index (Phi) is 4.28. The highest BCUT2D eigenvalue weighted by atomic mass is 16.5. The fraction of sp³-hybridized carbons (Fsp3) is 0.300. The predicted molar refractivity (Wildman–Crippen MR) is 92.7 cm³/mol. The van der Waals surface area contributed by atoms with Crippen molar-refractivity contribution in [2.75, 3.05) is 0 Å². The van der Waals surface area contributed by atoms with Crippen molar-refractivity contribution in [3.63, 3.8) is 0 Å². The Balaban J connectivity index is 1.61. The van der Waals surface area contributed by atoms with Crippen LogP contribution in [0.2, 0.25) is 0 Å². The summed E-state index contributed by atoms with van der Waals surface area (Å²) >= 11 is 0. The van der Waals surface area contributed by atoms with E-state index in [-0.39, 0.29) is 6.10 Å². The van der Waals surface area contributed by atoms with Gasteiger partial charge >= 0.3 is 0 Å². The highest BCUT2D eigenvalue weighted by Gasteiger charge is 2.19. The van der Waals surface area contributed by atoms with Crippen molar-refractivity contribution in [3.8, 4) is 28.6 Å². The molecule has 0 N–H and O–H groups in total. The molecule has 0 unspecified atom stereocenters. The lowest BCUT2D eigenvalue weighted by Gasteiger charge is -2.23. The molecule has 1 aliphatic rings. The smallest absolute Gasteiger partial charge is 0.262 e. The summed E-state index contributed by atoms with van der Waals surface area (Å²) in [5.41, 5.74) is 1.80. The van der Waals surface area contributed by atoms with Crippen LogP contribution >= 0.6 is 0 Å². The minimum atomic E-state index is 0.288. The molecule has 24 heavy (non-hydrogen) atoms. The van der Waals surface area contributed by atoms with Gasteiger partial charge in [0.25, 0.3) is 5.89 Å². The summed E-state index contributed by atoms with van der Waals surface area (Å²) in [6.45, 7) is 0. The molecular weight excluding hydrogens is 300 g/mol. The van der Waals surface area contributed by atoms with Crippen LogP contribution in [0.1, 0.15) is 32.1 Å². The average molecular weight is 320 g/mol. The Bertz CT molecular complexity index is 792. The maximum atomic E-state index is 6.23. The first kappa shape index (κ1) is 14.9. The molecule has 3 aromatic rings. The topological polar surface area (TPSA) is 48.2 Å². The standard InChI is InChI=1S/C20H20N2O2/c1-3-9-15(10-4-1)19-21-20(24-22-19)17-13-7-8-14-18(17)23-16-11-5-2-6-12-16/h1,3-4,7-10,13-14,16H,2,5-6,11-12H2. The van der Waals surface area contributed by atoms with Gasteiger partial charge in [0.05, 0.1) is 11.7 Å². The van der Waals surface area contributed by atoms with Gasteiger partial charge in [-0.15, -0.1) is 0 Å². The monoisotopic (exact) mass is 320 g/mol. The van der Waals surface area contributed by atoms with E-state index in [0.29, 0.717) is 11.7 Å². The molecule has 0 amide bonds. The summed E-state index contributed by atoms with van der Waals surface area (Å²) in [5, 5.41) is 4.11. The van der Waals surface area contributed by atoms with Crippen LogP contribution in [0.4, 0.5) is 0 Å². The average Bonchev–Trinajstić information content (AvgIpc) is 3.14. The molecule has 0 radical (unpaired) electrons. The van der Waals surface area contributed by atoms with Crippen LogP contribution in [-0.2, 0) is 0 Å². The second kappa shape index (κ2) is 6.87. The van der Waals surface area contributed by atoms with Crippen molar-refractivity contribution in [2.24, 2.45) is 0 Å². The number of para-hydroxylation sites is 1. The van der Waals surface area contributed by atoms with Gasteiger partial charge in [-0.2, -0.15) is 4.98 Å². The highest BCUT2D eigenvalue weighted by Crippen LogP contribution is 2.32. The van der Waals surface area contributed by atoms with E-state index >= 15 is 0 Å². The molecule has 0 bridgehead atoms. The van der Waals surface area contributed by atoms with Gasteiger partial charge in [0.15, 0.2) is 0 Å². The lowest BCUT2D eigenvalue weighted by atomic mass is 9.97. The van der Waals surface area contributed by atoms with Crippen molar-refractivity contribution >= 4 is 0 Å². The molecule has 1 aliphatic carbocycles. The lowest BCUT2D eigenvalue weighted by Crippen LogP contribution is -2.19. The Morgan fingerprint density at radius 1 is 0.875 bits per heavy atom. The van der Waals surface area contributed by atoms with E-state index in [1.54, 1.807) is 0 Å². The summed E-state index contributed by atoms with van der Waals surface area (Å²) in [4.78, 5) is 4.55. The van der Waals surface area contributed by atoms with Gasteiger partial charge in [-0.25, -0.2) is 0 Å². The molecule has 0 aliphatic heterocycles. The molecule has 1 heterocycles. The maximum absolute atomic E-state index is 6.23. The predicted octanol–water partition coefficient (Wildman–Crippen LogP) is 5.12. The molecule has 2 aromatic carbocycles. The molecule has 4 nitrogen and oxygen atoms in total. The van der Waals surface area contributed by atoms with Crippen molar-refractivity contribution in [1.29, 1.82) is 0 Å². The van der Waals surface area contributed by atoms with Crippen molar-refractivity contribution in [2.45, 2.75) is 38.2 Å². The normalized spacial score (nSPS) is 15.3. The summed E-state index contributed by atoms with van der Waals surface area (Å²) < 4.78 is 11.7. The van der Waals surface area contributed by atoms with Crippen LogP contribution in [0.15, 0.2) is 59.1 Å². The second-order valence-electron chi connectivity index (χ2n) is 6.16. The van der Waals surface area contributed by atoms with Crippen molar-refractivity contribution in [3.05, 3.63) is 54.6 Å². The number of ether oxygens (including phenoxy) is 1. The summed E-state index contributed by atoms with van der Waals surface area (Å²) in [7, 11) is 0. The number of rotatable bonds is 4. The molecule has 4 heteroatoms. The van der Waals surface area contributed by atoms with E-state index in [1.165, 1.54) is 19.3 Å². The first-order valence-corrected chi connectivity index (χ1v) is 8.55. The molecule has 122 valence electrons. The number of hydrogen-bond acceptors (Lipinski definition) is 4. The summed E-state index contributed by atoms with van der Waals surface area (Å²) in [6.07, 6.45) is 6.32. The van der Waals surface area contributed by atoms with E-state index in [2.05, 4.69) is 10.1 Å². The van der Waals surface area contributed by atoms with Gasteiger partial charge in [-0.1, -0.05) is 54.0 Å². The molecule has 0 atom stereocenters. The molecule has 4 rings (SSSR count). The van der Waals surface area contributed by atoms with Crippen LogP contribution in [0.5, 0.6) is 5.75 Å². The highest BCUT2D eigenvalue weighted by molar-refractivity contribution is 5.65. The van der Waals surface area contributed by atoms with E-state index < -0.39 is 0 Å². The SMILES string of the molecule is c1ccc(-c2noc(-c3ccccc3OC3CCCCC3)n2)cc1. The van der Waals surface area contributed by atoms with Crippen molar-refractivity contribution < 1.29 is 9.26 Å². The van der Waals surface area contributed by atoms with E-state index in [4.69, 9.17) is 9.26 Å². The van der Waals surface area contributed by atoms with Crippen LogP contribution in [0.3, 0.4) is 0 Å². The number of hydrogen-bond donors (Lipinski definition) is 0. The van der Waals surface area contributed by atoms with Gasteiger partial charge in [-0.3, -0.25) is 0 Å². The van der Waals surface area contributed by atoms with Gasteiger partial charge in [0.1, 0.15) is 5.75 Å². The Labute approximate surface area is 141 Å². The third-order valence-corrected chi connectivity index (χ3v) is 4.42. The minimum Gasteiger partial charge on any atom is -0.490 e. The van der Waals surface area contributed by atoms with Crippen LogP contribution in [-0.4, -0.2) is 16.2 Å². The summed E-state index contributed by atoms with van der Waals surface area (Å²) in [5.74, 6) is 1.92. The number of aromatic nitrogens is 2. The van der Waals surface area contributed by atoms with Crippen LogP contribution in [0, 0.1) is 0 Å². The molecule has 0 saturated heterocycles. The van der Waals surface area contributed by atoms with Gasteiger partial charge in [-0.05, 0) is 37.8 Å². The zero-order valence-electron chi connectivity index (χ0n) is 13.5. The van der Waals surface area contributed by atoms with E-state index in [9.17, 15) is 0 Å². The van der Waals surface area contributed by atoms with E-state index in [1.807, 2.05) is 54.6 Å². The molecule has 0 spiro atoms.